The molecular formula is C17H14N2O3. The molecule has 2 aromatic carbocycles. The molecule has 0 amide bonds. The first kappa shape index (κ1) is 12.8. The number of nitrogens with zero attached hydrogens (tertiary/aromatic N) is 2. The van der Waals surface area contributed by atoms with Crippen LogP contribution in [0, 0.1) is 0 Å². The van der Waals surface area contributed by atoms with Gasteiger partial charge in [-0.25, -0.2) is 4.68 Å². The Bertz CT molecular complexity index is 809. The van der Waals surface area contributed by atoms with Crippen molar-refractivity contribution < 1.29 is 14.2 Å². The van der Waals surface area contributed by atoms with Gasteiger partial charge < -0.3 is 14.2 Å². The number of rotatable bonds is 3. The fourth-order valence-electron chi connectivity index (χ4n) is 2.51. The maximum Gasteiger partial charge on any atom is 0.231 e. The van der Waals surface area contributed by atoms with Crippen molar-refractivity contribution in [1.82, 2.24) is 9.78 Å². The van der Waals surface area contributed by atoms with Gasteiger partial charge in [-0.3, -0.25) is 0 Å². The number of fused-ring (bicyclic) bond motifs is 1. The Balaban J connectivity index is 1.76. The van der Waals surface area contributed by atoms with E-state index in [4.69, 9.17) is 14.2 Å². The minimum Gasteiger partial charge on any atom is -0.497 e. The van der Waals surface area contributed by atoms with Crippen LogP contribution in [0.3, 0.4) is 0 Å². The molecule has 0 unspecified atom stereocenters. The quantitative estimate of drug-likeness (QED) is 0.743. The predicted octanol–water partition coefficient (Wildman–Crippen LogP) is 3.28. The average Bonchev–Trinajstić information content (AvgIpc) is 3.23. The molecule has 1 aromatic heterocycles. The lowest BCUT2D eigenvalue weighted by Gasteiger charge is -2.09. The SMILES string of the molecule is COc1ccc(-n2nccc2-c2ccc3c(c2)OCO3)cc1. The van der Waals surface area contributed by atoms with Crippen molar-refractivity contribution >= 4 is 0 Å². The number of ether oxygens (including phenoxy) is 3. The fraction of sp³-hybridized carbons (Fsp3) is 0.118. The Labute approximate surface area is 127 Å². The van der Waals surface area contributed by atoms with Gasteiger partial charge in [0.15, 0.2) is 11.5 Å². The zero-order chi connectivity index (χ0) is 14.9. The molecule has 4 rings (SSSR count). The van der Waals surface area contributed by atoms with E-state index in [1.807, 2.05) is 53.2 Å². The van der Waals surface area contributed by atoms with Crippen LogP contribution in [0.15, 0.2) is 54.7 Å². The molecule has 0 fully saturated rings. The zero-order valence-electron chi connectivity index (χ0n) is 12.0. The summed E-state index contributed by atoms with van der Waals surface area (Å²) in [4.78, 5) is 0. The molecule has 22 heavy (non-hydrogen) atoms. The molecule has 0 aliphatic carbocycles. The number of aromatic nitrogens is 2. The van der Waals surface area contributed by atoms with E-state index in [2.05, 4.69) is 5.10 Å². The second-order valence-corrected chi connectivity index (χ2v) is 4.89. The fourth-order valence-corrected chi connectivity index (χ4v) is 2.51. The molecule has 0 spiro atoms. The largest absolute Gasteiger partial charge is 0.497 e. The molecule has 0 saturated carbocycles. The van der Waals surface area contributed by atoms with E-state index in [0.717, 1.165) is 34.2 Å². The second-order valence-electron chi connectivity index (χ2n) is 4.89. The molecule has 1 aliphatic rings. The van der Waals surface area contributed by atoms with Crippen LogP contribution < -0.4 is 14.2 Å². The Morgan fingerprint density at radius 3 is 2.64 bits per heavy atom. The summed E-state index contributed by atoms with van der Waals surface area (Å²) in [5.41, 5.74) is 2.99. The minimum absolute atomic E-state index is 0.274. The van der Waals surface area contributed by atoms with E-state index in [-0.39, 0.29) is 6.79 Å². The van der Waals surface area contributed by atoms with E-state index in [9.17, 15) is 0 Å². The van der Waals surface area contributed by atoms with Crippen LogP contribution >= 0.6 is 0 Å². The highest BCUT2D eigenvalue weighted by Crippen LogP contribution is 2.36. The predicted molar refractivity (Wildman–Crippen MR) is 81.7 cm³/mol. The molecule has 0 bridgehead atoms. The van der Waals surface area contributed by atoms with Gasteiger partial charge in [0, 0.05) is 5.56 Å². The van der Waals surface area contributed by atoms with Crippen LogP contribution in [0.1, 0.15) is 0 Å². The Morgan fingerprint density at radius 1 is 1.00 bits per heavy atom. The molecule has 1 aliphatic heterocycles. The molecule has 0 saturated heterocycles. The van der Waals surface area contributed by atoms with Crippen molar-refractivity contribution in [3.63, 3.8) is 0 Å². The van der Waals surface area contributed by atoms with Gasteiger partial charge in [-0.15, -0.1) is 0 Å². The summed E-state index contributed by atoms with van der Waals surface area (Å²) >= 11 is 0. The van der Waals surface area contributed by atoms with Gasteiger partial charge >= 0.3 is 0 Å². The van der Waals surface area contributed by atoms with Gasteiger partial charge in [-0.1, -0.05) is 0 Å². The zero-order valence-corrected chi connectivity index (χ0v) is 12.0. The van der Waals surface area contributed by atoms with Crippen molar-refractivity contribution in [2.75, 3.05) is 13.9 Å². The lowest BCUT2D eigenvalue weighted by Crippen LogP contribution is -1.98. The van der Waals surface area contributed by atoms with Gasteiger partial charge in [-0.05, 0) is 48.5 Å². The van der Waals surface area contributed by atoms with Crippen molar-refractivity contribution in [2.24, 2.45) is 0 Å². The standard InChI is InChI=1S/C17H14N2O3/c1-20-14-5-3-13(4-6-14)19-15(8-9-18-19)12-2-7-16-17(10-12)22-11-21-16/h2-10H,11H2,1H3. The van der Waals surface area contributed by atoms with Gasteiger partial charge in [0.1, 0.15) is 5.75 Å². The van der Waals surface area contributed by atoms with Crippen LogP contribution in [0.2, 0.25) is 0 Å². The van der Waals surface area contributed by atoms with Crippen molar-refractivity contribution in [3.8, 4) is 34.2 Å². The third-order valence-corrected chi connectivity index (χ3v) is 3.63. The van der Waals surface area contributed by atoms with Crippen molar-refractivity contribution in [2.45, 2.75) is 0 Å². The maximum absolute atomic E-state index is 5.44. The summed E-state index contributed by atoms with van der Waals surface area (Å²) in [6.07, 6.45) is 1.78. The molecular weight excluding hydrogens is 280 g/mol. The monoisotopic (exact) mass is 294 g/mol. The van der Waals surface area contributed by atoms with Gasteiger partial charge in [0.05, 0.1) is 24.7 Å². The first-order valence-electron chi connectivity index (χ1n) is 6.93. The molecule has 5 heteroatoms. The highest BCUT2D eigenvalue weighted by molar-refractivity contribution is 5.66. The van der Waals surface area contributed by atoms with E-state index < -0.39 is 0 Å². The lowest BCUT2D eigenvalue weighted by molar-refractivity contribution is 0.174. The number of methoxy groups -OCH3 is 1. The smallest absolute Gasteiger partial charge is 0.231 e. The lowest BCUT2D eigenvalue weighted by atomic mass is 10.1. The van der Waals surface area contributed by atoms with E-state index in [0.29, 0.717) is 0 Å². The molecule has 3 aromatic rings. The number of benzene rings is 2. The van der Waals surface area contributed by atoms with Crippen LogP contribution in [-0.4, -0.2) is 23.7 Å². The molecule has 0 radical (unpaired) electrons. The Kier molecular flexibility index (Phi) is 2.96. The molecule has 0 N–H and O–H groups in total. The summed E-state index contributed by atoms with van der Waals surface area (Å²) in [5, 5.41) is 4.42. The third kappa shape index (κ3) is 2.07. The van der Waals surface area contributed by atoms with Crippen molar-refractivity contribution in [3.05, 3.63) is 54.7 Å². The van der Waals surface area contributed by atoms with Crippen molar-refractivity contribution in [1.29, 1.82) is 0 Å². The minimum atomic E-state index is 0.274. The van der Waals surface area contributed by atoms with Gasteiger partial charge in [0.25, 0.3) is 0 Å². The number of hydrogen-bond donors (Lipinski definition) is 0. The summed E-state index contributed by atoms with van der Waals surface area (Å²) < 4.78 is 17.9. The highest BCUT2D eigenvalue weighted by atomic mass is 16.7. The van der Waals surface area contributed by atoms with Crippen LogP contribution in [-0.2, 0) is 0 Å². The average molecular weight is 294 g/mol. The molecule has 2 heterocycles. The summed E-state index contributed by atoms with van der Waals surface area (Å²) in [7, 11) is 1.65. The maximum atomic E-state index is 5.44. The molecule has 110 valence electrons. The van der Waals surface area contributed by atoms with Crippen LogP contribution in [0.25, 0.3) is 16.9 Å². The normalized spacial score (nSPS) is 12.4. The summed E-state index contributed by atoms with van der Waals surface area (Å²) in [5.74, 6) is 2.36. The molecule has 0 atom stereocenters. The highest BCUT2D eigenvalue weighted by Gasteiger charge is 2.16. The van der Waals surface area contributed by atoms with Crippen LogP contribution in [0.5, 0.6) is 17.2 Å². The van der Waals surface area contributed by atoms with E-state index in [1.165, 1.54) is 0 Å². The first-order valence-corrected chi connectivity index (χ1v) is 6.93. The Hall–Kier alpha value is -2.95. The van der Waals surface area contributed by atoms with Gasteiger partial charge in [0.2, 0.25) is 6.79 Å². The molecule has 5 nitrogen and oxygen atoms in total. The first-order chi connectivity index (χ1) is 10.8. The third-order valence-electron chi connectivity index (χ3n) is 3.63. The van der Waals surface area contributed by atoms with E-state index in [1.54, 1.807) is 13.3 Å². The van der Waals surface area contributed by atoms with Crippen LogP contribution in [0.4, 0.5) is 0 Å². The summed E-state index contributed by atoms with van der Waals surface area (Å²) in [6, 6.07) is 15.7. The van der Waals surface area contributed by atoms with Gasteiger partial charge in [-0.2, -0.15) is 5.10 Å². The number of hydrogen-bond acceptors (Lipinski definition) is 4. The van der Waals surface area contributed by atoms with E-state index >= 15 is 0 Å². The summed E-state index contributed by atoms with van der Waals surface area (Å²) in [6.45, 7) is 0.274. The Morgan fingerprint density at radius 2 is 1.82 bits per heavy atom. The topological polar surface area (TPSA) is 45.5 Å². The second kappa shape index (κ2) is 5.11.